The third-order valence-electron chi connectivity index (χ3n) is 2.68. The Morgan fingerprint density at radius 3 is 2.83 bits per heavy atom. The number of pyridine rings is 1. The van der Waals surface area contributed by atoms with Gasteiger partial charge in [0.2, 0.25) is 5.88 Å². The van der Waals surface area contributed by atoms with E-state index in [4.69, 9.17) is 10.5 Å². The average Bonchev–Trinajstić information content (AvgIpc) is 2.75. The van der Waals surface area contributed by atoms with E-state index >= 15 is 0 Å². The van der Waals surface area contributed by atoms with Crippen molar-refractivity contribution in [1.29, 1.82) is 0 Å². The molecule has 2 rings (SSSR count). The largest absolute Gasteiger partial charge is 0.481 e. The highest BCUT2D eigenvalue weighted by atomic mass is 32.1. The molecule has 6 heteroatoms. The van der Waals surface area contributed by atoms with Crippen molar-refractivity contribution >= 4 is 22.8 Å². The van der Waals surface area contributed by atoms with E-state index in [1.807, 2.05) is 24.4 Å². The van der Waals surface area contributed by atoms with Gasteiger partial charge >= 0.3 is 0 Å². The maximum atomic E-state index is 5.94. The highest BCUT2D eigenvalue weighted by Crippen LogP contribution is 2.25. The number of nitrogens with zero attached hydrogens (tertiary/aromatic N) is 3. The molecule has 0 radical (unpaired) electrons. The zero-order valence-electron chi connectivity index (χ0n) is 10.7. The molecule has 0 saturated heterocycles. The van der Waals surface area contributed by atoms with E-state index in [-0.39, 0.29) is 0 Å². The van der Waals surface area contributed by atoms with Crippen molar-refractivity contribution in [2.45, 2.75) is 13.5 Å². The van der Waals surface area contributed by atoms with Crippen molar-refractivity contribution in [2.24, 2.45) is 0 Å². The van der Waals surface area contributed by atoms with Gasteiger partial charge in [0.25, 0.3) is 0 Å². The normalized spacial score (nSPS) is 10.4. The number of hydrogen-bond donors (Lipinski definition) is 1. The molecule has 96 valence electrons. The first kappa shape index (κ1) is 12.6. The molecule has 2 heterocycles. The van der Waals surface area contributed by atoms with Crippen molar-refractivity contribution in [2.75, 3.05) is 24.8 Å². The van der Waals surface area contributed by atoms with E-state index in [0.717, 1.165) is 18.1 Å². The first-order chi connectivity index (χ1) is 8.61. The van der Waals surface area contributed by atoms with Crippen LogP contribution in [0.3, 0.4) is 0 Å². The molecule has 0 atom stereocenters. The van der Waals surface area contributed by atoms with E-state index in [1.54, 1.807) is 30.6 Å². The van der Waals surface area contributed by atoms with Crippen LogP contribution in [-0.2, 0) is 6.54 Å². The molecule has 0 aliphatic carbocycles. The predicted octanol–water partition coefficient (Wildman–Crippen LogP) is 2.07. The van der Waals surface area contributed by atoms with E-state index in [9.17, 15) is 0 Å². The zero-order valence-corrected chi connectivity index (χ0v) is 11.5. The fraction of sp³-hybridized carbons (Fsp3) is 0.333. The van der Waals surface area contributed by atoms with Crippen molar-refractivity contribution in [3.63, 3.8) is 0 Å². The van der Waals surface area contributed by atoms with Crippen molar-refractivity contribution in [3.05, 3.63) is 28.2 Å². The summed E-state index contributed by atoms with van der Waals surface area (Å²) < 4.78 is 5.12. The van der Waals surface area contributed by atoms with E-state index in [2.05, 4.69) is 9.97 Å². The Balaban J connectivity index is 2.23. The molecule has 2 aromatic rings. The minimum absolute atomic E-state index is 0.562. The Hall–Kier alpha value is -1.82. The summed E-state index contributed by atoms with van der Waals surface area (Å²) in [5, 5.41) is 0. The number of aryl methyl sites for hydroxylation is 1. The Bertz CT molecular complexity index is 541. The fourth-order valence-corrected chi connectivity index (χ4v) is 2.46. The molecule has 0 fully saturated rings. The molecule has 18 heavy (non-hydrogen) atoms. The van der Waals surface area contributed by atoms with Crippen LogP contribution in [0, 0.1) is 6.92 Å². The second-order valence-corrected chi connectivity index (χ2v) is 4.92. The number of nitrogens with two attached hydrogens (primary N) is 1. The van der Waals surface area contributed by atoms with Crippen LogP contribution in [0.2, 0.25) is 0 Å². The van der Waals surface area contributed by atoms with Crippen molar-refractivity contribution in [1.82, 2.24) is 9.97 Å². The van der Waals surface area contributed by atoms with Gasteiger partial charge in [-0.3, -0.25) is 0 Å². The molecule has 0 amide bonds. The maximum Gasteiger partial charge on any atom is 0.215 e. The van der Waals surface area contributed by atoms with Gasteiger partial charge in [0.05, 0.1) is 30.5 Å². The van der Waals surface area contributed by atoms with Crippen LogP contribution in [0.25, 0.3) is 0 Å². The van der Waals surface area contributed by atoms with Crippen molar-refractivity contribution in [3.8, 4) is 5.88 Å². The molecule has 0 spiro atoms. The summed E-state index contributed by atoms with van der Waals surface area (Å²) in [6.45, 7) is 2.74. The second-order valence-electron chi connectivity index (χ2n) is 3.98. The molecule has 0 unspecified atom stereocenters. The van der Waals surface area contributed by atoms with Gasteiger partial charge in [-0.1, -0.05) is 0 Å². The van der Waals surface area contributed by atoms with E-state index in [1.165, 1.54) is 4.88 Å². The van der Waals surface area contributed by atoms with Crippen LogP contribution in [0.1, 0.15) is 10.6 Å². The van der Waals surface area contributed by atoms with Gasteiger partial charge < -0.3 is 15.4 Å². The minimum Gasteiger partial charge on any atom is -0.481 e. The molecule has 0 aliphatic heterocycles. The van der Waals surface area contributed by atoms with Crippen molar-refractivity contribution < 1.29 is 4.74 Å². The average molecular weight is 264 g/mol. The van der Waals surface area contributed by atoms with Crippen LogP contribution in [0.5, 0.6) is 5.88 Å². The molecule has 5 nitrogen and oxygen atoms in total. The lowest BCUT2D eigenvalue weighted by Crippen LogP contribution is -2.19. The number of aromatic nitrogens is 2. The summed E-state index contributed by atoms with van der Waals surface area (Å²) in [6, 6.07) is 3.56. The first-order valence-electron chi connectivity index (χ1n) is 5.52. The first-order valence-corrected chi connectivity index (χ1v) is 6.40. The van der Waals surface area contributed by atoms with Crippen LogP contribution >= 0.6 is 11.3 Å². The van der Waals surface area contributed by atoms with E-state index < -0.39 is 0 Å². The molecule has 0 saturated carbocycles. The molecule has 2 aromatic heterocycles. The van der Waals surface area contributed by atoms with Gasteiger partial charge in [-0.2, -0.15) is 4.98 Å². The summed E-state index contributed by atoms with van der Waals surface area (Å²) in [5.74, 6) is 1.29. The Labute approximate surface area is 110 Å². The Kier molecular flexibility index (Phi) is 3.66. The number of rotatable bonds is 4. The van der Waals surface area contributed by atoms with Crippen LogP contribution in [0.4, 0.5) is 11.5 Å². The Morgan fingerprint density at radius 2 is 2.22 bits per heavy atom. The monoisotopic (exact) mass is 264 g/mol. The number of hydrogen-bond acceptors (Lipinski definition) is 6. The van der Waals surface area contributed by atoms with Gasteiger partial charge in [-0.25, -0.2) is 4.98 Å². The van der Waals surface area contributed by atoms with Gasteiger partial charge in [0.1, 0.15) is 0 Å². The van der Waals surface area contributed by atoms with Gasteiger partial charge in [-0.05, 0) is 13.0 Å². The second kappa shape index (κ2) is 5.22. The van der Waals surface area contributed by atoms with Gasteiger partial charge in [-0.15, -0.1) is 11.3 Å². The molecule has 0 bridgehead atoms. The molecule has 2 N–H and O–H groups in total. The topological polar surface area (TPSA) is 64.3 Å². The van der Waals surface area contributed by atoms with E-state index in [0.29, 0.717) is 11.6 Å². The summed E-state index contributed by atoms with van der Waals surface area (Å²) in [4.78, 5) is 11.8. The molecular weight excluding hydrogens is 248 g/mol. The standard InChI is InChI=1S/C12H16N4OS/c1-8-10(18-7-14-8)6-16(2)12-9(13)4-5-11(15-12)17-3/h4-5,7H,6,13H2,1-3H3. The third kappa shape index (κ3) is 2.53. The zero-order chi connectivity index (χ0) is 13.1. The highest BCUT2D eigenvalue weighted by molar-refractivity contribution is 7.09. The van der Waals surface area contributed by atoms with Crippen LogP contribution in [-0.4, -0.2) is 24.1 Å². The van der Waals surface area contributed by atoms with Crippen LogP contribution < -0.4 is 15.4 Å². The summed E-state index contributed by atoms with van der Waals surface area (Å²) in [5.41, 5.74) is 9.48. The smallest absolute Gasteiger partial charge is 0.215 e. The fourth-order valence-electron chi connectivity index (χ4n) is 1.63. The van der Waals surface area contributed by atoms with Gasteiger partial charge in [0.15, 0.2) is 5.82 Å². The Morgan fingerprint density at radius 1 is 1.44 bits per heavy atom. The SMILES string of the molecule is COc1ccc(N)c(N(C)Cc2scnc2C)n1. The maximum absolute atomic E-state index is 5.94. The quantitative estimate of drug-likeness (QED) is 0.916. The lowest BCUT2D eigenvalue weighted by molar-refractivity contribution is 0.398. The van der Waals surface area contributed by atoms with Gasteiger partial charge in [0, 0.05) is 18.0 Å². The number of methoxy groups -OCH3 is 1. The lowest BCUT2D eigenvalue weighted by atomic mass is 10.3. The highest BCUT2D eigenvalue weighted by Gasteiger charge is 2.11. The summed E-state index contributed by atoms with van der Waals surface area (Å²) >= 11 is 1.64. The number of thiazole rings is 1. The van der Waals surface area contributed by atoms with Crippen LogP contribution in [0.15, 0.2) is 17.6 Å². The number of nitrogen functional groups attached to an aromatic ring is 1. The lowest BCUT2D eigenvalue weighted by Gasteiger charge is -2.19. The molecule has 0 aromatic carbocycles. The number of ether oxygens (including phenoxy) is 1. The third-order valence-corrected chi connectivity index (χ3v) is 3.60. The minimum atomic E-state index is 0.562. The number of anilines is 2. The molecular formula is C12H16N4OS. The molecule has 0 aliphatic rings. The summed E-state index contributed by atoms with van der Waals surface area (Å²) in [7, 11) is 3.55. The summed E-state index contributed by atoms with van der Waals surface area (Å²) in [6.07, 6.45) is 0. The predicted molar refractivity (Wildman–Crippen MR) is 74.2 cm³/mol.